The van der Waals surface area contributed by atoms with Crippen LogP contribution < -0.4 is 5.01 Å². The lowest BCUT2D eigenvalue weighted by molar-refractivity contribution is -0.384. The number of carbonyl (C=O) groups is 1. The Bertz CT molecular complexity index is 981. The average Bonchev–Trinajstić information content (AvgIpc) is 3.20. The Labute approximate surface area is 188 Å². The molecule has 0 saturated carbocycles. The number of hydrogen-bond donors (Lipinski definition) is 0. The van der Waals surface area contributed by atoms with Crippen LogP contribution in [0.15, 0.2) is 59.7 Å². The van der Waals surface area contributed by atoms with Crippen LogP contribution in [0.1, 0.15) is 12.5 Å². The zero-order valence-electron chi connectivity index (χ0n) is 17.0. The summed E-state index contributed by atoms with van der Waals surface area (Å²) in [5.41, 5.74) is 1.93. The van der Waals surface area contributed by atoms with Crippen molar-refractivity contribution in [2.24, 2.45) is 5.10 Å². The highest BCUT2D eigenvalue weighted by molar-refractivity contribution is 8.27. The molecule has 2 aliphatic heterocycles. The van der Waals surface area contributed by atoms with E-state index in [0.717, 1.165) is 11.3 Å². The molecule has 1 saturated heterocycles. The topological polar surface area (TPSA) is 88.3 Å². The molecule has 1 atom stereocenters. The third-order valence-electron chi connectivity index (χ3n) is 4.97. The van der Waals surface area contributed by atoms with Crippen molar-refractivity contribution in [3.63, 3.8) is 0 Å². The lowest BCUT2D eigenvalue weighted by atomic mass is 10.2. The summed E-state index contributed by atoms with van der Waals surface area (Å²) in [6, 6.07) is 16.4. The first-order chi connectivity index (χ1) is 15.0. The van der Waals surface area contributed by atoms with Crippen molar-refractivity contribution in [2.75, 3.05) is 31.3 Å². The van der Waals surface area contributed by atoms with Gasteiger partial charge >= 0.3 is 0 Å². The molecule has 0 amide bonds. The number of anilines is 1. The van der Waals surface area contributed by atoms with Crippen molar-refractivity contribution in [3.8, 4) is 0 Å². The number of non-ortho nitro benzene ring substituents is 1. The zero-order valence-corrected chi connectivity index (χ0v) is 18.6. The van der Waals surface area contributed by atoms with Crippen LogP contribution in [0.3, 0.4) is 0 Å². The summed E-state index contributed by atoms with van der Waals surface area (Å²) in [7, 11) is 0. The second-order valence-corrected chi connectivity index (χ2v) is 9.64. The maximum Gasteiger partial charge on any atom is 0.269 e. The van der Waals surface area contributed by atoms with E-state index >= 15 is 0 Å². The van der Waals surface area contributed by atoms with Crippen LogP contribution in [-0.4, -0.2) is 51.3 Å². The van der Waals surface area contributed by atoms with E-state index in [-0.39, 0.29) is 11.5 Å². The largest absolute Gasteiger partial charge is 0.379 e. The molecule has 8 nitrogen and oxygen atoms in total. The zero-order chi connectivity index (χ0) is 21.8. The molecule has 4 rings (SSSR count). The van der Waals surface area contributed by atoms with Gasteiger partial charge in [0, 0.05) is 37.9 Å². The van der Waals surface area contributed by atoms with Crippen LogP contribution in [0, 0.1) is 10.1 Å². The predicted octanol–water partition coefficient (Wildman–Crippen LogP) is 3.93. The number of para-hydroxylation sites is 1. The molecule has 0 bridgehead atoms. The van der Waals surface area contributed by atoms with Crippen LogP contribution in [0.5, 0.6) is 0 Å². The van der Waals surface area contributed by atoms with Crippen molar-refractivity contribution >= 4 is 45.7 Å². The fourth-order valence-corrected chi connectivity index (χ4v) is 6.29. The number of nitro groups is 1. The third-order valence-corrected chi connectivity index (χ3v) is 8.12. The molecule has 0 aliphatic carbocycles. The highest BCUT2D eigenvalue weighted by Gasteiger charge is 2.51. The van der Waals surface area contributed by atoms with E-state index in [1.54, 1.807) is 23.9 Å². The number of hydrazone groups is 1. The molecule has 2 aromatic carbocycles. The minimum Gasteiger partial charge on any atom is -0.379 e. The minimum atomic E-state index is -0.659. The standard InChI is InChI=1S/C21H22N4O4S2/c1-16(26)20-22-24(18-5-3-2-4-6-18)21(31-20,23-11-13-29-14-12-23)30-15-17-7-9-19(10-8-17)25(27)28/h2-10H,11-15H2,1H3/t21-/m0/s1. The van der Waals surface area contributed by atoms with Gasteiger partial charge in [0.2, 0.25) is 4.33 Å². The van der Waals surface area contributed by atoms with Crippen LogP contribution in [0.25, 0.3) is 0 Å². The monoisotopic (exact) mass is 458 g/mol. The molecule has 0 spiro atoms. The van der Waals surface area contributed by atoms with Crippen LogP contribution in [0.4, 0.5) is 11.4 Å². The van der Waals surface area contributed by atoms with Gasteiger partial charge in [-0.15, -0.1) is 0 Å². The Balaban J connectivity index is 1.68. The maximum absolute atomic E-state index is 12.3. The SMILES string of the molecule is CC(=O)C1=NN(c2ccccc2)[C@](SCc2ccc([N+](=O)[O-])cc2)(N2CCOCC2)S1. The second kappa shape index (κ2) is 9.39. The lowest BCUT2D eigenvalue weighted by Crippen LogP contribution is -2.56. The van der Waals surface area contributed by atoms with Crippen LogP contribution in [0.2, 0.25) is 0 Å². The van der Waals surface area contributed by atoms with E-state index in [2.05, 4.69) is 4.90 Å². The summed E-state index contributed by atoms with van der Waals surface area (Å²) in [4.78, 5) is 25.1. The Hall–Kier alpha value is -2.40. The van der Waals surface area contributed by atoms with Crippen molar-refractivity contribution in [1.82, 2.24) is 4.90 Å². The highest BCUT2D eigenvalue weighted by atomic mass is 32.2. The second-order valence-electron chi connectivity index (χ2n) is 7.07. The van der Waals surface area contributed by atoms with Gasteiger partial charge in [-0.05, 0) is 29.5 Å². The van der Waals surface area contributed by atoms with Gasteiger partial charge in [-0.1, -0.05) is 42.1 Å². The first-order valence-electron chi connectivity index (χ1n) is 9.83. The Morgan fingerprint density at radius 1 is 1.19 bits per heavy atom. The van der Waals surface area contributed by atoms with E-state index in [4.69, 9.17) is 9.84 Å². The minimum absolute atomic E-state index is 0.0694. The van der Waals surface area contributed by atoms with E-state index in [0.29, 0.717) is 37.1 Å². The number of ketones is 1. The number of ether oxygens (including phenoxy) is 1. The van der Waals surface area contributed by atoms with Gasteiger partial charge in [0.05, 0.1) is 23.8 Å². The first kappa shape index (κ1) is 21.8. The summed E-state index contributed by atoms with van der Waals surface area (Å²) in [6.07, 6.45) is 0. The van der Waals surface area contributed by atoms with Gasteiger partial charge < -0.3 is 4.74 Å². The number of rotatable bonds is 7. The number of morpholine rings is 1. The summed E-state index contributed by atoms with van der Waals surface area (Å²) >= 11 is 3.11. The molecule has 0 aromatic heterocycles. The summed E-state index contributed by atoms with van der Waals surface area (Å²) in [5, 5.41) is 18.1. The van der Waals surface area contributed by atoms with Crippen molar-refractivity contribution in [3.05, 3.63) is 70.3 Å². The molecule has 0 radical (unpaired) electrons. The summed E-state index contributed by atoms with van der Waals surface area (Å²) < 4.78 is 4.91. The fraction of sp³-hybridized carbons (Fsp3) is 0.333. The maximum atomic E-state index is 12.3. The highest BCUT2D eigenvalue weighted by Crippen LogP contribution is 2.51. The quantitative estimate of drug-likeness (QED) is 0.456. The van der Waals surface area contributed by atoms with Crippen molar-refractivity contribution < 1.29 is 14.5 Å². The van der Waals surface area contributed by atoms with Gasteiger partial charge in [-0.25, -0.2) is 5.01 Å². The number of nitro benzene ring substituents is 1. The molecule has 10 heteroatoms. The molecule has 0 N–H and O–H groups in total. The third kappa shape index (κ3) is 4.62. The van der Waals surface area contributed by atoms with E-state index < -0.39 is 9.25 Å². The normalized spacial score (nSPS) is 21.7. The molecule has 1 fully saturated rings. The van der Waals surface area contributed by atoms with Crippen molar-refractivity contribution in [2.45, 2.75) is 17.0 Å². The van der Waals surface area contributed by atoms with Gasteiger partial charge in [0.15, 0.2) is 10.8 Å². The van der Waals surface area contributed by atoms with Crippen LogP contribution in [-0.2, 0) is 15.3 Å². The Kier molecular flexibility index (Phi) is 6.61. The van der Waals surface area contributed by atoms with Gasteiger partial charge in [0.1, 0.15) is 0 Å². The van der Waals surface area contributed by atoms with Gasteiger partial charge in [0.25, 0.3) is 5.69 Å². The summed E-state index contributed by atoms with van der Waals surface area (Å²) in [5.74, 6) is 0.531. The van der Waals surface area contributed by atoms with Gasteiger partial charge in [-0.2, -0.15) is 5.10 Å². The molecular weight excluding hydrogens is 436 g/mol. The smallest absolute Gasteiger partial charge is 0.269 e. The Morgan fingerprint density at radius 3 is 2.48 bits per heavy atom. The van der Waals surface area contributed by atoms with E-state index in [1.807, 2.05) is 35.3 Å². The van der Waals surface area contributed by atoms with Gasteiger partial charge in [-0.3, -0.25) is 19.8 Å². The molecule has 0 unspecified atom stereocenters. The molecular formula is C21H22N4O4S2. The molecule has 2 aliphatic rings. The van der Waals surface area contributed by atoms with Crippen molar-refractivity contribution in [1.29, 1.82) is 0 Å². The molecule has 2 aromatic rings. The summed E-state index contributed by atoms with van der Waals surface area (Å²) in [6.45, 7) is 4.18. The first-order valence-corrected chi connectivity index (χ1v) is 11.6. The number of benzene rings is 2. The lowest BCUT2D eigenvalue weighted by Gasteiger charge is -2.45. The number of hydrogen-bond acceptors (Lipinski definition) is 9. The molecule has 2 heterocycles. The molecule has 31 heavy (non-hydrogen) atoms. The average molecular weight is 459 g/mol. The van der Waals surface area contributed by atoms with Crippen LogP contribution >= 0.6 is 23.5 Å². The molecule has 162 valence electrons. The Morgan fingerprint density at radius 2 is 1.87 bits per heavy atom. The van der Waals surface area contributed by atoms with E-state index in [1.165, 1.54) is 30.8 Å². The number of thioether (sulfide) groups is 2. The number of Topliss-reactive ketones (excluding diaryl/α,β-unsaturated/α-hetero) is 1. The fourth-order valence-electron chi connectivity index (χ4n) is 3.39. The number of carbonyl (C=O) groups excluding carboxylic acids is 1. The number of nitrogens with zero attached hydrogens (tertiary/aromatic N) is 4. The van der Waals surface area contributed by atoms with E-state index in [9.17, 15) is 14.9 Å². The predicted molar refractivity (Wildman–Crippen MR) is 124 cm³/mol.